The molecule has 1 aromatic heterocycles. The topological polar surface area (TPSA) is 68.3 Å². The van der Waals surface area contributed by atoms with Gasteiger partial charge in [0.15, 0.2) is 0 Å². The van der Waals surface area contributed by atoms with Crippen LogP contribution in [0.4, 0.5) is 0 Å². The Hall–Kier alpha value is -2.07. The number of nitrogens with two attached hydrogens (primary N) is 1. The highest BCUT2D eigenvalue weighted by Gasteiger charge is 2.08. The maximum Gasteiger partial charge on any atom is 0.254 e. The summed E-state index contributed by atoms with van der Waals surface area (Å²) in [4.78, 5) is 11.8. The average Bonchev–Trinajstić information content (AvgIpc) is 3.00. The molecule has 1 amide bonds. The van der Waals surface area contributed by atoms with Crippen molar-refractivity contribution in [3.05, 3.63) is 59.5 Å². The third-order valence-corrected chi connectivity index (χ3v) is 3.39. The summed E-state index contributed by atoms with van der Waals surface area (Å²) < 4.78 is 5.14. The van der Waals surface area contributed by atoms with E-state index in [1.165, 1.54) is 11.8 Å². The Morgan fingerprint density at radius 2 is 1.95 bits per heavy atom. The van der Waals surface area contributed by atoms with Gasteiger partial charge in [-0.1, -0.05) is 36.8 Å². The number of rotatable bonds is 8. The van der Waals surface area contributed by atoms with E-state index in [0.717, 1.165) is 25.7 Å². The molecular weight excluding hydrogens is 264 g/mol. The van der Waals surface area contributed by atoms with Crippen molar-refractivity contribution in [2.24, 2.45) is 5.73 Å². The molecule has 0 saturated heterocycles. The number of nitrogens with one attached hydrogen (secondary N) is 1. The standard InChI is InChI=1S/C17H22N2O2/c18-12-16-11-15(13-21-16)17(20)19-10-6-2-5-9-14-7-3-1-4-8-14/h1,3-4,7-8,11,13H,2,5-6,9-10,12,18H2,(H,19,20). The molecule has 0 fully saturated rings. The van der Waals surface area contributed by atoms with Crippen LogP contribution in [0, 0.1) is 0 Å². The summed E-state index contributed by atoms with van der Waals surface area (Å²) in [6, 6.07) is 12.1. The second-order valence-electron chi connectivity index (χ2n) is 5.06. The van der Waals surface area contributed by atoms with E-state index in [2.05, 4.69) is 29.6 Å². The fraction of sp³-hybridized carbons (Fsp3) is 0.353. The van der Waals surface area contributed by atoms with Gasteiger partial charge < -0.3 is 15.5 Å². The first-order chi connectivity index (χ1) is 10.3. The Morgan fingerprint density at radius 3 is 2.67 bits per heavy atom. The molecule has 0 aliphatic carbocycles. The molecule has 1 heterocycles. The minimum atomic E-state index is -0.0958. The highest BCUT2D eigenvalue weighted by molar-refractivity contribution is 5.93. The van der Waals surface area contributed by atoms with Gasteiger partial charge in [0.25, 0.3) is 5.91 Å². The summed E-state index contributed by atoms with van der Waals surface area (Å²) in [5.41, 5.74) is 7.35. The lowest BCUT2D eigenvalue weighted by Gasteiger charge is -2.04. The number of hydrogen-bond acceptors (Lipinski definition) is 3. The van der Waals surface area contributed by atoms with Crippen molar-refractivity contribution in [2.45, 2.75) is 32.2 Å². The van der Waals surface area contributed by atoms with Gasteiger partial charge in [-0.3, -0.25) is 4.79 Å². The molecule has 4 heteroatoms. The van der Waals surface area contributed by atoms with Crippen LogP contribution in [-0.2, 0) is 13.0 Å². The third kappa shape index (κ3) is 5.08. The zero-order valence-corrected chi connectivity index (χ0v) is 12.2. The zero-order chi connectivity index (χ0) is 14.9. The van der Waals surface area contributed by atoms with Crippen molar-refractivity contribution in [1.82, 2.24) is 5.32 Å². The Kier molecular flexibility index (Phi) is 6.03. The van der Waals surface area contributed by atoms with E-state index in [9.17, 15) is 4.79 Å². The summed E-state index contributed by atoms with van der Waals surface area (Å²) in [5, 5.41) is 2.90. The van der Waals surface area contributed by atoms with Gasteiger partial charge in [-0.2, -0.15) is 0 Å². The van der Waals surface area contributed by atoms with Crippen molar-refractivity contribution in [1.29, 1.82) is 0 Å². The number of hydrogen-bond donors (Lipinski definition) is 2. The van der Waals surface area contributed by atoms with Gasteiger partial charge in [0.2, 0.25) is 0 Å². The predicted molar refractivity (Wildman–Crippen MR) is 82.9 cm³/mol. The van der Waals surface area contributed by atoms with Gasteiger partial charge in [0, 0.05) is 6.54 Å². The normalized spacial score (nSPS) is 10.5. The molecule has 0 aliphatic rings. The van der Waals surface area contributed by atoms with Gasteiger partial charge in [0.05, 0.1) is 12.1 Å². The number of furan rings is 1. The average molecular weight is 286 g/mol. The molecule has 0 saturated carbocycles. The maximum atomic E-state index is 11.8. The van der Waals surface area contributed by atoms with Crippen LogP contribution >= 0.6 is 0 Å². The van der Waals surface area contributed by atoms with Crippen molar-refractivity contribution >= 4 is 5.91 Å². The molecule has 0 aliphatic heterocycles. The Balaban J connectivity index is 1.58. The van der Waals surface area contributed by atoms with Gasteiger partial charge in [-0.15, -0.1) is 0 Å². The van der Waals surface area contributed by atoms with E-state index >= 15 is 0 Å². The van der Waals surface area contributed by atoms with Crippen LogP contribution in [0.1, 0.15) is 40.9 Å². The largest absolute Gasteiger partial charge is 0.467 e. The minimum Gasteiger partial charge on any atom is -0.467 e. The van der Waals surface area contributed by atoms with Crippen LogP contribution in [0.15, 0.2) is 47.1 Å². The SMILES string of the molecule is NCc1cc(C(=O)NCCCCCc2ccccc2)co1. The number of amides is 1. The highest BCUT2D eigenvalue weighted by atomic mass is 16.3. The molecule has 0 unspecified atom stereocenters. The second-order valence-corrected chi connectivity index (χ2v) is 5.06. The van der Waals surface area contributed by atoms with E-state index in [1.807, 2.05) is 6.07 Å². The lowest BCUT2D eigenvalue weighted by Crippen LogP contribution is -2.23. The van der Waals surface area contributed by atoms with Gasteiger partial charge >= 0.3 is 0 Å². The molecule has 0 bridgehead atoms. The first-order valence-electron chi connectivity index (χ1n) is 7.39. The number of unbranched alkanes of at least 4 members (excludes halogenated alkanes) is 2. The van der Waals surface area contributed by atoms with Crippen molar-refractivity contribution in [3.8, 4) is 0 Å². The summed E-state index contributed by atoms with van der Waals surface area (Å²) in [7, 11) is 0. The molecule has 4 nitrogen and oxygen atoms in total. The molecule has 0 atom stereocenters. The van der Waals surface area contributed by atoms with E-state index < -0.39 is 0 Å². The Morgan fingerprint density at radius 1 is 1.14 bits per heavy atom. The monoisotopic (exact) mass is 286 g/mol. The first kappa shape index (κ1) is 15.3. The summed E-state index contributed by atoms with van der Waals surface area (Å²) >= 11 is 0. The summed E-state index contributed by atoms with van der Waals surface area (Å²) in [5.74, 6) is 0.532. The smallest absolute Gasteiger partial charge is 0.254 e. The van der Waals surface area contributed by atoms with Crippen molar-refractivity contribution < 1.29 is 9.21 Å². The molecule has 2 aromatic rings. The zero-order valence-electron chi connectivity index (χ0n) is 12.2. The number of benzene rings is 1. The number of carbonyl (C=O) groups is 1. The second kappa shape index (κ2) is 8.27. The first-order valence-corrected chi connectivity index (χ1v) is 7.39. The lowest BCUT2D eigenvalue weighted by atomic mass is 10.1. The molecule has 112 valence electrons. The van der Waals surface area contributed by atoms with Crippen LogP contribution in [0.25, 0.3) is 0 Å². The van der Waals surface area contributed by atoms with Crippen molar-refractivity contribution in [3.63, 3.8) is 0 Å². The van der Waals surface area contributed by atoms with Crippen molar-refractivity contribution in [2.75, 3.05) is 6.54 Å². The summed E-state index contributed by atoms with van der Waals surface area (Å²) in [6.07, 6.45) is 5.78. The highest BCUT2D eigenvalue weighted by Crippen LogP contribution is 2.08. The maximum absolute atomic E-state index is 11.8. The molecule has 0 radical (unpaired) electrons. The van der Waals surface area contributed by atoms with Gasteiger partial charge in [-0.25, -0.2) is 0 Å². The van der Waals surface area contributed by atoms with E-state index in [-0.39, 0.29) is 5.91 Å². The van der Waals surface area contributed by atoms with E-state index in [0.29, 0.717) is 24.4 Å². The molecule has 3 N–H and O–H groups in total. The van der Waals surface area contributed by atoms with Gasteiger partial charge in [0.1, 0.15) is 12.0 Å². The predicted octanol–water partition coefficient (Wildman–Crippen LogP) is 2.88. The van der Waals surface area contributed by atoms with Crippen LogP contribution in [0.5, 0.6) is 0 Å². The van der Waals surface area contributed by atoms with E-state index in [1.54, 1.807) is 6.07 Å². The van der Waals surface area contributed by atoms with Gasteiger partial charge in [-0.05, 0) is 30.9 Å². The number of aryl methyl sites for hydroxylation is 1. The Bertz CT molecular complexity index is 549. The molecule has 2 rings (SSSR count). The molecular formula is C17H22N2O2. The minimum absolute atomic E-state index is 0.0958. The fourth-order valence-corrected chi connectivity index (χ4v) is 2.19. The lowest BCUT2D eigenvalue weighted by molar-refractivity contribution is 0.0952. The molecule has 1 aromatic carbocycles. The number of carbonyl (C=O) groups excluding carboxylic acids is 1. The molecule has 21 heavy (non-hydrogen) atoms. The van der Waals surface area contributed by atoms with Crippen LogP contribution in [0.3, 0.4) is 0 Å². The Labute approximate surface area is 125 Å². The molecule has 0 spiro atoms. The van der Waals surface area contributed by atoms with Crippen LogP contribution < -0.4 is 11.1 Å². The fourth-order valence-electron chi connectivity index (χ4n) is 2.19. The van der Waals surface area contributed by atoms with Crippen LogP contribution in [0.2, 0.25) is 0 Å². The third-order valence-electron chi connectivity index (χ3n) is 3.39. The quantitative estimate of drug-likeness (QED) is 0.733. The summed E-state index contributed by atoms with van der Waals surface area (Å²) in [6.45, 7) is 1.00. The van der Waals surface area contributed by atoms with Crippen LogP contribution in [-0.4, -0.2) is 12.5 Å². The van der Waals surface area contributed by atoms with E-state index in [4.69, 9.17) is 10.2 Å².